The van der Waals surface area contributed by atoms with Crippen molar-refractivity contribution in [3.05, 3.63) is 24.2 Å². The summed E-state index contributed by atoms with van der Waals surface area (Å²) >= 11 is 0. The van der Waals surface area contributed by atoms with Crippen LogP contribution in [0.25, 0.3) is 0 Å². The number of carbonyl (C=O) groups is 2. The van der Waals surface area contributed by atoms with Gasteiger partial charge in [0.1, 0.15) is 6.26 Å². The topological polar surface area (TPSA) is 70.8 Å². The highest BCUT2D eigenvalue weighted by molar-refractivity contribution is 5.94. The molecule has 0 radical (unpaired) electrons. The second kappa shape index (κ2) is 5.34. The number of hydrogen-bond donors (Lipinski definition) is 1. The number of carbonyl (C=O) groups excluding carboxylic acids is 1. The lowest BCUT2D eigenvalue weighted by Gasteiger charge is -2.22. The minimum Gasteiger partial charge on any atom is -0.481 e. The molecule has 0 spiro atoms. The van der Waals surface area contributed by atoms with Gasteiger partial charge in [0.05, 0.1) is 17.7 Å². The zero-order valence-electron chi connectivity index (χ0n) is 9.34. The van der Waals surface area contributed by atoms with E-state index >= 15 is 0 Å². The third-order valence-corrected chi connectivity index (χ3v) is 2.35. The average molecular weight is 225 g/mol. The number of aliphatic carboxylic acids is 1. The molecule has 88 valence electrons. The maximum atomic E-state index is 11.9. The quantitative estimate of drug-likeness (QED) is 0.823. The van der Waals surface area contributed by atoms with Crippen LogP contribution in [-0.2, 0) is 4.79 Å². The lowest BCUT2D eigenvalue weighted by molar-refractivity contribution is -0.141. The van der Waals surface area contributed by atoms with Gasteiger partial charge in [-0.3, -0.25) is 9.59 Å². The second-order valence-corrected chi connectivity index (χ2v) is 3.60. The summed E-state index contributed by atoms with van der Waals surface area (Å²) in [6.45, 7) is 4.07. The van der Waals surface area contributed by atoms with Gasteiger partial charge in [-0.1, -0.05) is 6.92 Å². The smallest absolute Gasteiger partial charge is 0.308 e. The van der Waals surface area contributed by atoms with Crippen LogP contribution in [0.4, 0.5) is 0 Å². The van der Waals surface area contributed by atoms with Crippen molar-refractivity contribution in [3.8, 4) is 0 Å². The summed E-state index contributed by atoms with van der Waals surface area (Å²) < 4.78 is 4.82. The van der Waals surface area contributed by atoms with Crippen molar-refractivity contribution in [2.45, 2.75) is 13.8 Å². The van der Waals surface area contributed by atoms with Crippen LogP contribution >= 0.6 is 0 Å². The van der Waals surface area contributed by atoms with Gasteiger partial charge in [0.2, 0.25) is 0 Å². The number of amides is 1. The van der Waals surface area contributed by atoms with Crippen molar-refractivity contribution in [1.29, 1.82) is 0 Å². The Kier molecular flexibility index (Phi) is 4.10. The molecule has 0 unspecified atom stereocenters. The molecule has 0 saturated carbocycles. The Morgan fingerprint density at radius 1 is 1.56 bits per heavy atom. The number of carboxylic acids is 1. The van der Waals surface area contributed by atoms with Crippen molar-refractivity contribution in [3.63, 3.8) is 0 Å². The van der Waals surface area contributed by atoms with E-state index in [-0.39, 0.29) is 12.5 Å². The van der Waals surface area contributed by atoms with Crippen molar-refractivity contribution >= 4 is 11.9 Å². The standard InChI is InChI=1S/C11H15NO4/c1-3-12(6-8(2)11(14)15)10(13)9-4-5-16-7-9/h4-5,7-8H,3,6H2,1-2H3,(H,14,15)/t8-/m1/s1. The second-order valence-electron chi connectivity index (χ2n) is 3.60. The fourth-order valence-corrected chi connectivity index (χ4v) is 1.33. The van der Waals surface area contributed by atoms with Gasteiger partial charge in [0.15, 0.2) is 0 Å². The molecule has 0 aromatic carbocycles. The zero-order valence-corrected chi connectivity index (χ0v) is 9.34. The van der Waals surface area contributed by atoms with Crippen LogP contribution in [0, 0.1) is 5.92 Å². The monoisotopic (exact) mass is 225 g/mol. The highest BCUT2D eigenvalue weighted by Crippen LogP contribution is 2.08. The molecular weight excluding hydrogens is 210 g/mol. The maximum absolute atomic E-state index is 11.9. The van der Waals surface area contributed by atoms with Crippen LogP contribution in [0.2, 0.25) is 0 Å². The predicted octanol–water partition coefficient (Wildman–Crippen LogP) is 1.46. The Bertz CT molecular complexity index is 358. The molecule has 0 aliphatic rings. The minimum atomic E-state index is -0.904. The highest BCUT2D eigenvalue weighted by Gasteiger charge is 2.20. The molecule has 5 heteroatoms. The first-order valence-electron chi connectivity index (χ1n) is 5.10. The Morgan fingerprint density at radius 3 is 2.69 bits per heavy atom. The van der Waals surface area contributed by atoms with Gasteiger partial charge in [-0.05, 0) is 13.0 Å². The average Bonchev–Trinajstić information content (AvgIpc) is 2.77. The minimum absolute atomic E-state index is 0.204. The number of hydrogen-bond acceptors (Lipinski definition) is 3. The zero-order chi connectivity index (χ0) is 12.1. The van der Waals surface area contributed by atoms with Crippen LogP contribution in [-0.4, -0.2) is 35.0 Å². The van der Waals surface area contributed by atoms with E-state index in [0.717, 1.165) is 0 Å². The van der Waals surface area contributed by atoms with E-state index in [1.807, 2.05) is 6.92 Å². The van der Waals surface area contributed by atoms with Crippen LogP contribution in [0.3, 0.4) is 0 Å². The van der Waals surface area contributed by atoms with E-state index < -0.39 is 11.9 Å². The molecule has 1 aromatic rings. The molecule has 1 aromatic heterocycles. The van der Waals surface area contributed by atoms with E-state index in [1.54, 1.807) is 13.0 Å². The SMILES string of the molecule is CCN(C[C@@H](C)C(=O)O)C(=O)c1ccoc1. The van der Waals surface area contributed by atoms with Crippen LogP contribution < -0.4 is 0 Å². The van der Waals surface area contributed by atoms with E-state index in [0.29, 0.717) is 12.1 Å². The van der Waals surface area contributed by atoms with E-state index in [4.69, 9.17) is 9.52 Å². The number of carboxylic acid groups (broad SMARTS) is 1. The van der Waals surface area contributed by atoms with Gasteiger partial charge < -0.3 is 14.4 Å². The molecule has 1 rings (SSSR count). The van der Waals surface area contributed by atoms with Crippen LogP contribution in [0.15, 0.2) is 23.0 Å². The Hall–Kier alpha value is -1.78. The lowest BCUT2D eigenvalue weighted by atomic mass is 10.1. The molecule has 1 N–H and O–H groups in total. The maximum Gasteiger partial charge on any atom is 0.308 e. The summed E-state index contributed by atoms with van der Waals surface area (Å²) in [5.74, 6) is -1.68. The van der Waals surface area contributed by atoms with Crippen LogP contribution in [0.5, 0.6) is 0 Å². The number of nitrogens with zero attached hydrogens (tertiary/aromatic N) is 1. The first kappa shape index (κ1) is 12.3. The molecular formula is C11H15NO4. The molecule has 1 atom stereocenters. The Balaban J connectivity index is 2.68. The molecule has 1 amide bonds. The van der Waals surface area contributed by atoms with Crippen molar-refractivity contribution in [1.82, 2.24) is 4.90 Å². The van der Waals surface area contributed by atoms with Crippen molar-refractivity contribution in [2.24, 2.45) is 5.92 Å². The van der Waals surface area contributed by atoms with Crippen LogP contribution in [0.1, 0.15) is 24.2 Å². The van der Waals surface area contributed by atoms with Gasteiger partial charge in [-0.15, -0.1) is 0 Å². The fraction of sp³-hybridized carbons (Fsp3) is 0.455. The molecule has 0 fully saturated rings. The summed E-state index contributed by atoms with van der Waals surface area (Å²) in [5, 5.41) is 8.78. The summed E-state index contributed by atoms with van der Waals surface area (Å²) in [7, 11) is 0. The van der Waals surface area contributed by atoms with Crippen molar-refractivity contribution in [2.75, 3.05) is 13.1 Å². The van der Waals surface area contributed by atoms with E-state index in [1.165, 1.54) is 17.4 Å². The molecule has 0 saturated heterocycles. The molecule has 16 heavy (non-hydrogen) atoms. The van der Waals surface area contributed by atoms with Gasteiger partial charge in [-0.2, -0.15) is 0 Å². The first-order valence-corrected chi connectivity index (χ1v) is 5.10. The molecule has 1 heterocycles. The number of rotatable bonds is 5. The molecule has 0 aliphatic carbocycles. The Labute approximate surface area is 93.7 Å². The lowest BCUT2D eigenvalue weighted by Crippen LogP contribution is -2.36. The first-order chi connectivity index (χ1) is 7.56. The largest absolute Gasteiger partial charge is 0.481 e. The van der Waals surface area contributed by atoms with E-state index in [2.05, 4.69) is 0 Å². The van der Waals surface area contributed by atoms with Crippen molar-refractivity contribution < 1.29 is 19.1 Å². The highest BCUT2D eigenvalue weighted by atomic mass is 16.4. The third kappa shape index (κ3) is 2.85. The van der Waals surface area contributed by atoms with Gasteiger partial charge in [0.25, 0.3) is 5.91 Å². The van der Waals surface area contributed by atoms with Gasteiger partial charge in [0, 0.05) is 13.1 Å². The molecule has 0 bridgehead atoms. The molecule has 0 aliphatic heterocycles. The molecule has 5 nitrogen and oxygen atoms in total. The number of furan rings is 1. The normalized spacial score (nSPS) is 12.1. The predicted molar refractivity (Wildman–Crippen MR) is 57.1 cm³/mol. The summed E-state index contributed by atoms with van der Waals surface area (Å²) in [6.07, 6.45) is 2.78. The summed E-state index contributed by atoms with van der Waals surface area (Å²) in [5.41, 5.74) is 0.444. The van der Waals surface area contributed by atoms with Gasteiger partial charge >= 0.3 is 5.97 Å². The van der Waals surface area contributed by atoms with Gasteiger partial charge in [-0.25, -0.2) is 0 Å². The third-order valence-electron chi connectivity index (χ3n) is 2.35. The fourth-order valence-electron chi connectivity index (χ4n) is 1.33. The Morgan fingerprint density at radius 2 is 2.25 bits per heavy atom. The summed E-state index contributed by atoms with van der Waals surface area (Å²) in [6, 6.07) is 1.57. The van der Waals surface area contributed by atoms with E-state index in [9.17, 15) is 9.59 Å². The summed E-state index contributed by atoms with van der Waals surface area (Å²) in [4.78, 5) is 24.1.